The van der Waals surface area contributed by atoms with Crippen LogP contribution in [-0.4, -0.2) is 39.1 Å². The Morgan fingerprint density at radius 3 is 2.52 bits per heavy atom. The van der Waals surface area contributed by atoms with Crippen molar-refractivity contribution in [2.24, 2.45) is 0 Å². The molecule has 2 rings (SSSR count). The molecule has 1 saturated heterocycles. The number of hydrogen-bond acceptors (Lipinski definition) is 4. The summed E-state index contributed by atoms with van der Waals surface area (Å²) in [4.78, 5) is 1.20. The molecule has 1 N–H and O–H groups in total. The summed E-state index contributed by atoms with van der Waals surface area (Å²) in [6, 6.07) is 5.03. The lowest BCUT2D eigenvalue weighted by atomic mass is 9.99. The molecule has 0 radical (unpaired) electrons. The lowest BCUT2D eigenvalue weighted by Crippen LogP contribution is -2.58. The van der Waals surface area contributed by atoms with Crippen molar-refractivity contribution < 1.29 is 21.6 Å². The van der Waals surface area contributed by atoms with E-state index in [0.29, 0.717) is 25.3 Å². The van der Waals surface area contributed by atoms with Crippen molar-refractivity contribution >= 4 is 15.5 Å². The second-order valence-electron chi connectivity index (χ2n) is 5.59. The van der Waals surface area contributed by atoms with E-state index in [1.807, 2.05) is 18.7 Å². The maximum Gasteiger partial charge on any atom is 0.501 e. The number of benzene rings is 1. The van der Waals surface area contributed by atoms with E-state index >= 15 is 0 Å². The lowest BCUT2D eigenvalue weighted by Gasteiger charge is -2.44. The Kier molecular flexibility index (Phi) is 3.96. The zero-order chi connectivity index (χ0) is 15.9. The Hall–Kier alpha value is -1.28. The van der Waals surface area contributed by atoms with Gasteiger partial charge < -0.3 is 10.2 Å². The molecule has 0 amide bonds. The van der Waals surface area contributed by atoms with Crippen molar-refractivity contribution in [2.75, 3.05) is 24.5 Å². The lowest BCUT2D eigenvalue weighted by molar-refractivity contribution is -0.0435. The van der Waals surface area contributed by atoms with Gasteiger partial charge in [-0.2, -0.15) is 13.2 Å². The number of sulfone groups is 1. The molecule has 1 aromatic carbocycles. The summed E-state index contributed by atoms with van der Waals surface area (Å²) in [5, 5.41) is 3.20. The van der Waals surface area contributed by atoms with Crippen LogP contribution in [-0.2, 0) is 9.84 Å². The minimum Gasteiger partial charge on any atom is -0.364 e. The fourth-order valence-corrected chi connectivity index (χ4v) is 3.21. The molecule has 1 heterocycles. The number of rotatable bonds is 2. The maximum atomic E-state index is 12.6. The van der Waals surface area contributed by atoms with E-state index in [2.05, 4.69) is 5.32 Å². The standard InChI is InChI=1S/C13H17F3N2O2S/c1-12(2)9-17-6-7-18(12)10-4-3-5-11(8-10)21(19,20)13(14,15)16/h3-5,8,17H,6-7,9H2,1-2H3. The number of nitrogens with zero attached hydrogens (tertiary/aromatic N) is 1. The molecule has 8 heteroatoms. The zero-order valence-electron chi connectivity index (χ0n) is 11.7. The van der Waals surface area contributed by atoms with Gasteiger partial charge in [0, 0.05) is 30.9 Å². The van der Waals surface area contributed by atoms with Crippen molar-refractivity contribution in [3.8, 4) is 0 Å². The first-order valence-corrected chi connectivity index (χ1v) is 7.94. The quantitative estimate of drug-likeness (QED) is 0.907. The Labute approximate surface area is 121 Å². The van der Waals surface area contributed by atoms with Gasteiger partial charge in [0.2, 0.25) is 0 Å². The third-order valence-electron chi connectivity index (χ3n) is 3.54. The summed E-state index contributed by atoms with van der Waals surface area (Å²) in [6.07, 6.45) is 0. The average molecular weight is 322 g/mol. The zero-order valence-corrected chi connectivity index (χ0v) is 12.6. The molecule has 118 valence electrons. The van der Waals surface area contributed by atoms with Crippen LogP contribution in [0.1, 0.15) is 13.8 Å². The maximum absolute atomic E-state index is 12.6. The highest BCUT2D eigenvalue weighted by molar-refractivity contribution is 7.92. The van der Waals surface area contributed by atoms with Crippen LogP contribution in [0.25, 0.3) is 0 Å². The molecule has 0 bridgehead atoms. The molecule has 0 aromatic heterocycles. The first-order valence-electron chi connectivity index (χ1n) is 6.45. The molecule has 21 heavy (non-hydrogen) atoms. The van der Waals surface area contributed by atoms with Crippen LogP contribution in [0.5, 0.6) is 0 Å². The van der Waals surface area contributed by atoms with Crippen molar-refractivity contribution in [3.05, 3.63) is 24.3 Å². The molecule has 0 unspecified atom stereocenters. The van der Waals surface area contributed by atoms with Gasteiger partial charge in [-0.1, -0.05) is 6.07 Å². The Balaban J connectivity index is 2.43. The molecular formula is C13H17F3N2O2S. The van der Waals surface area contributed by atoms with E-state index in [9.17, 15) is 21.6 Å². The van der Waals surface area contributed by atoms with Crippen LogP contribution in [0, 0.1) is 0 Å². The molecule has 1 aliphatic rings. The molecule has 0 saturated carbocycles. The summed E-state index contributed by atoms with van der Waals surface area (Å²) in [5.74, 6) is 0. The summed E-state index contributed by atoms with van der Waals surface area (Å²) < 4.78 is 60.9. The van der Waals surface area contributed by atoms with Gasteiger partial charge >= 0.3 is 5.51 Å². The smallest absolute Gasteiger partial charge is 0.364 e. The molecule has 0 atom stereocenters. The van der Waals surface area contributed by atoms with Crippen molar-refractivity contribution in [2.45, 2.75) is 29.8 Å². The molecule has 1 aliphatic heterocycles. The molecule has 0 aliphatic carbocycles. The van der Waals surface area contributed by atoms with E-state index in [-0.39, 0.29) is 5.54 Å². The van der Waals surface area contributed by atoms with E-state index in [4.69, 9.17) is 0 Å². The van der Waals surface area contributed by atoms with Crippen LogP contribution in [0.15, 0.2) is 29.2 Å². The van der Waals surface area contributed by atoms with Crippen LogP contribution < -0.4 is 10.2 Å². The molecule has 1 fully saturated rings. The third-order valence-corrected chi connectivity index (χ3v) is 5.03. The number of alkyl halides is 3. The highest BCUT2D eigenvalue weighted by atomic mass is 32.2. The summed E-state index contributed by atoms with van der Waals surface area (Å²) in [6.45, 7) is 5.86. The van der Waals surface area contributed by atoms with Gasteiger partial charge in [0.1, 0.15) is 0 Å². The van der Waals surface area contributed by atoms with E-state index in [1.165, 1.54) is 6.07 Å². The van der Waals surface area contributed by atoms with Gasteiger partial charge in [-0.3, -0.25) is 0 Å². The molecule has 0 spiro atoms. The van der Waals surface area contributed by atoms with Crippen molar-refractivity contribution in [1.82, 2.24) is 5.32 Å². The van der Waals surface area contributed by atoms with Gasteiger partial charge in [0.05, 0.1) is 4.90 Å². The number of piperazine rings is 1. The average Bonchev–Trinajstić information content (AvgIpc) is 2.37. The number of anilines is 1. The van der Waals surface area contributed by atoms with E-state index in [0.717, 1.165) is 12.1 Å². The third kappa shape index (κ3) is 3.01. The van der Waals surface area contributed by atoms with Crippen molar-refractivity contribution in [1.29, 1.82) is 0 Å². The SMILES string of the molecule is CC1(C)CNCCN1c1cccc(S(=O)(=O)C(F)(F)F)c1. The molecular weight excluding hydrogens is 305 g/mol. The van der Waals surface area contributed by atoms with Crippen LogP contribution in [0.3, 0.4) is 0 Å². The minimum absolute atomic E-state index is 0.307. The van der Waals surface area contributed by atoms with Gasteiger partial charge in [0.15, 0.2) is 0 Å². The van der Waals surface area contributed by atoms with Gasteiger partial charge in [0.25, 0.3) is 9.84 Å². The largest absolute Gasteiger partial charge is 0.501 e. The van der Waals surface area contributed by atoms with Crippen LogP contribution in [0.4, 0.5) is 18.9 Å². The Bertz CT molecular complexity index is 627. The first-order chi connectivity index (χ1) is 9.56. The highest BCUT2D eigenvalue weighted by Gasteiger charge is 2.47. The van der Waals surface area contributed by atoms with Gasteiger partial charge in [-0.05, 0) is 32.0 Å². The normalized spacial score (nSPS) is 19.6. The van der Waals surface area contributed by atoms with Crippen molar-refractivity contribution in [3.63, 3.8) is 0 Å². The number of halogens is 3. The number of hydrogen-bond donors (Lipinski definition) is 1. The predicted octanol–water partition coefficient (Wildman–Crippen LogP) is 2.17. The topological polar surface area (TPSA) is 49.4 Å². The van der Waals surface area contributed by atoms with E-state index < -0.39 is 20.2 Å². The second kappa shape index (κ2) is 5.17. The first kappa shape index (κ1) is 16.1. The second-order valence-corrected chi connectivity index (χ2v) is 7.53. The Morgan fingerprint density at radius 2 is 1.95 bits per heavy atom. The molecule has 4 nitrogen and oxygen atoms in total. The summed E-state index contributed by atoms with van der Waals surface area (Å²) >= 11 is 0. The Morgan fingerprint density at radius 1 is 1.29 bits per heavy atom. The fraction of sp³-hybridized carbons (Fsp3) is 0.538. The summed E-state index contributed by atoms with van der Waals surface area (Å²) in [7, 11) is -5.32. The predicted molar refractivity (Wildman–Crippen MR) is 74.0 cm³/mol. The van der Waals surface area contributed by atoms with Gasteiger partial charge in [-0.25, -0.2) is 8.42 Å². The molecule has 1 aromatic rings. The highest BCUT2D eigenvalue weighted by Crippen LogP contribution is 2.33. The fourth-order valence-electron chi connectivity index (χ4n) is 2.41. The summed E-state index contributed by atoms with van der Waals surface area (Å²) in [5.41, 5.74) is -5.12. The number of nitrogens with one attached hydrogen (secondary N) is 1. The minimum atomic E-state index is -5.32. The van der Waals surface area contributed by atoms with E-state index in [1.54, 1.807) is 6.07 Å². The van der Waals surface area contributed by atoms with Crippen LogP contribution >= 0.6 is 0 Å². The van der Waals surface area contributed by atoms with Gasteiger partial charge in [-0.15, -0.1) is 0 Å². The monoisotopic (exact) mass is 322 g/mol. The van der Waals surface area contributed by atoms with Crippen LogP contribution in [0.2, 0.25) is 0 Å².